The number of non-ortho nitro benzene ring substituents is 1. The van der Waals surface area contributed by atoms with E-state index in [4.69, 9.17) is 0 Å². The summed E-state index contributed by atoms with van der Waals surface area (Å²) in [6.45, 7) is 3.72. The van der Waals surface area contributed by atoms with Crippen molar-refractivity contribution in [3.05, 3.63) is 44.0 Å². The molecule has 0 spiro atoms. The fourth-order valence-electron chi connectivity index (χ4n) is 1.59. The third-order valence-electron chi connectivity index (χ3n) is 3.31. The third kappa shape index (κ3) is 3.72. The highest BCUT2D eigenvalue weighted by molar-refractivity contribution is 5.49. The summed E-state index contributed by atoms with van der Waals surface area (Å²) >= 11 is 0. The summed E-state index contributed by atoms with van der Waals surface area (Å²) in [5, 5.41) is 33.9. The monoisotopic (exact) mass is 283 g/mol. The molecule has 0 fully saturated rings. The van der Waals surface area contributed by atoms with Gasteiger partial charge in [0.15, 0.2) is 0 Å². The normalized spacial score (nSPS) is 13.8. The second-order valence-corrected chi connectivity index (χ2v) is 4.75. The number of aliphatic hydroxyl groups excluding tert-OH is 1. The van der Waals surface area contributed by atoms with E-state index >= 15 is 0 Å². The van der Waals surface area contributed by atoms with E-state index < -0.39 is 15.4 Å². The highest BCUT2D eigenvalue weighted by atomic mass is 16.6. The zero-order chi connectivity index (χ0) is 15.3. The number of nitro benzene ring substituents is 2. The molecule has 0 radical (unpaired) electrons. The van der Waals surface area contributed by atoms with Crippen LogP contribution in [0.15, 0.2) is 18.2 Å². The molecule has 1 aromatic rings. The first-order chi connectivity index (χ1) is 9.33. The van der Waals surface area contributed by atoms with Crippen molar-refractivity contribution in [2.24, 2.45) is 0 Å². The number of hydrogen-bond acceptors (Lipinski definition) is 6. The van der Waals surface area contributed by atoms with E-state index in [9.17, 15) is 25.3 Å². The Morgan fingerprint density at radius 1 is 1.30 bits per heavy atom. The molecular weight excluding hydrogens is 266 g/mol. The number of nitro groups is 2. The lowest BCUT2D eigenvalue weighted by Gasteiger charge is -2.27. The SMILES string of the molecule is CCC(C)(CO)NCc1ccc([N+](=O)[O-])cc1[N+](=O)[O-]. The molecule has 20 heavy (non-hydrogen) atoms. The summed E-state index contributed by atoms with van der Waals surface area (Å²) in [6.07, 6.45) is 0.643. The summed E-state index contributed by atoms with van der Waals surface area (Å²) in [6, 6.07) is 3.53. The van der Waals surface area contributed by atoms with E-state index in [1.807, 2.05) is 6.92 Å². The average molecular weight is 283 g/mol. The molecule has 8 heteroatoms. The molecule has 0 saturated heterocycles. The molecule has 0 bridgehead atoms. The number of aliphatic hydroxyl groups is 1. The Kier molecular flexibility index (Phi) is 5.12. The fraction of sp³-hybridized carbons (Fsp3) is 0.500. The Balaban J connectivity index is 3.01. The number of hydrogen-bond donors (Lipinski definition) is 2. The van der Waals surface area contributed by atoms with Crippen LogP contribution in [-0.2, 0) is 6.54 Å². The summed E-state index contributed by atoms with van der Waals surface area (Å²) in [5.41, 5.74) is -0.826. The van der Waals surface area contributed by atoms with Crippen molar-refractivity contribution >= 4 is 11.4 Å². The molecule has 0 aliphatic heterocycles. The van der Waals surface area contributed by atoms with Crippen LogP contribution in [0, 0.1) is 20.2 Å². The van der Waals surface area contributed by atoms with E-state index in [2.05, 4.69) is 5.32 Å². The number of nitrogens with one attached hydrogen (secondary N) is 1. The molecule has 1 atom stereocenters. The van der Waals surface area contributed by atoms with Gasteiger partial charge in [-0.1, -0.05) is 6.92 Å². The van der Waals surface area contributed by atoms with Crippen LogP contribution < -0.4 is 5.32 Å². The minimum Gasteiger partial charge on any atom is -0.394 e. The molecule has 0 heterocycles. The third-order valence-corrected chi connectivity index (χ3v) is 3.31. The minimum atomic E-state index is -0.673. The van der Waals surface area contributed by atoms with Gasteiger partial charge in [-0.05, 0) is 19.4 Å². The molecule has 0 amide bonds. The van der Waals surface area contributed by atoms with Crippen LogP contribution >= 0.6 is 0 Å². The Morgan fingerprint density at radius 2 is 1.95 bits per heavy atom. The minimum absolute atomic E-state index is 0.107. The molecule has 2 N–H and O–H groups in total. The zero-order valence-corrected chi connectivity index (χ0v) is 11.3. The highest BCUT2D eigenvalue weighted by Crippen LogP contribution is 2.25. The van der Waals surface area contributed by atoms with Gasteiger partial charge in [-0.2, -0.15) is 0 Å². The largest absolute Gasteiger partial charge is 0.394 e. The quantitative estimate of drug-likeness (QED) is 0.581. The van der Waals surface area contributed by atoms with Crippen molar-refractivity contribution < 1.29 is 15.0 Å². The van der Waals surface area contributed by atoms with Gasteiger partial charge in [0.25, 0.3) is 11.4 Å². The van der Waals surface area contributed by atoms with Gasteiger partial charge in [0.05, 0.1) is 22.5 Å². The lowest BCUT2D eigenvalue weighted by atomic mass is 9.99. The lowest BCUT2D eigenvalue weighted by Crippen LogP contribution is -2.44. The Hall–Kier alpha value is -2.06. The molecular formula is C12H17N3O5. The van der Waals surface area contributed by atoms with Gasteiger partial charge in [0, 0.05) is 23.7 Å². The average Bonchev–Trinajstić information content (AvgIpc) is 2.44. The molecule has 1 unspecified atom stereocenters. The van der Waals surface area contributed by atoms with Gasteiger partial charge in [-0.25, -0.2) is 0 Å². The Labute approximate surface area is 115 Å². The Morgan fingerprint density at radius 3 is 2.40 bits per heavy atom. The zero-order valence-electron chi connectivity index (χ0n) is 11.3. The van der Waals surface area contributed by atoms with Gasteiger partial charge in [0.1, 0.15) is 0 Å². The van der Waals surface area contributed by atoms with Crippen molar-refractivity contribution in [1.82, 2.24) is 5.32 Å². The van der Waals surface area contributed by atoms with Crippen LogP contribution in [-0.4, -0.2) is 27.1 Å². The van der Waals surface area contributed by atoms with Gasteiger partial charge in [-0.3, -0.25) is 20.2 Å². The first-order valence-corrected chi connectivity index (χ1v) is 6.10. The summed E-state index contributed by atoms with van der Waals surface area (Å²) in [4.78, 5) is 20.3. The van der Waals surface area contributed by atoms with Crippen LogP contribution in [0.1, 0.15) is 25.8 Å². The second kappa shape index (κ2) is 6.40. The molecule has 1 rings (SSSR count). The van der Waals surface area contributed by atoms with Crippen LogP contribution in [0.2, 0.25) is 0 Å². The van der Waals surface area contributed by atoms with Gasteiger partial charge < -0.3 is 10.4 Å². The fourth-order valence-corrected chi connectivity index (χ4v) is 1.59. The van der Waals surface area contributed by atoms with Crippen molar-refractivity contribution in [3.63, 3.8) is 0 Å². The molecule has 1 aromatic carbocycles. The van der Waals surface area contributed by atoms with Gasteiger partial charge >= 0.3 is 0 Å². The maximum absolute atomic E-state index is 11.0. The van der Waals surface area contributed by atoms with E-state index in [1.165, 1.54) is 12.1 Å². The van der Waals surface area contributed by atoms with Crippen LogP contribution in [0.3, 0.4) is 0 Å². The summed E-state index contributed by atoms with van der Waals surface area (Å²) in [7, 11) is 0. The summed E-state index contributed by atoms with van der Waals surface area (Å²) in [5.74, 6) is 0. The van der Waals surface area contributed by atoms with E-state index in [-0.39, 0.29) is 24.5 Å². The van der Waals surface area contributed by atoms with Crippen LogP contribution in [0.25, 0.3) is 0 Å². The molecule has 110 valence electrons. The molecule has 0 aliphatic rings. The molecule has 8 nitrogen and oxygen atoms in total. The van der Waals surface area contributed by atoms with Crippen molar-refractivity contribution in [2.45, 2.75) is 32.4 Å². The van der Waals surface area contributed by atoms with Crippen LogP contribution in [0.4, 0.5) is 11.4 Å². The van der Waals surface area contributed by atoms with Gasteiger partial charge in [-0.15, -0.1) is 0 Å². The predicted octanol–water partition coefficient (Wildman–Crippen LogP) is 1.75. The number of rotatable bonds is 7. The topological polar surface area (TPSA) is 119 Å². The van der Waals surface area contributed by atoms with Crippen molar-refractivity contribution in [1.29, 1.82) is 0 Å². The maximum atomic E-state index is 11.0. The first kappa shape index (κ1) is 16.0. The summed E-state index contributed by atoms with van der Waals surface area (Å²) < 4.78 is 0. The van der Waals surface area contributed by atoms with E-state index in [1.54, 1.807) is 6.92 Å². The standard InChI is InChI=1S/C12H17N3O5/c1-3-12(2,8-16)13-7-9-4-5-10(14(17)18)6-11(9)15(19)20/h4-6,13,16H,3,7-8H2,1-2H3. The molecule has 0 saturated carbocycles. The smallest absolute Gasteiger partial charge is 0.280 e. The Bertz CT molecular complexity index is 514. The van der Waals surface area contributed by atoms with Gasteiger partial charge in [0.2, 0.25) is 0 Å². The molecule has 0 aromatic heterocycles. The van der Waals surface area contributed by atoms with Crippen molar-refractivity contribution in [2.75, 3.05) is 6.61 Å². The van der Waals surface area contributed by atoms with E-state index in [0.717, 1.165) is 6.07 Å². The van der Waals surface area contributed by atoms with E-state index in [0.29, 0.717) is 12.0 Å². The molecule has 0 aliphatic carbocycles. The second-order valence-electron chi connectivity index (χ2n) is 4.75. The number of benzene rings is 1. The van der Waals surface area contributed by atoms with Crippen LogP contribution in [0.5, 0.6) is 0 Å². The maximum Gasteiger partial charge on any atom is 0.280 e. The lowest BCUT2D eigenvalue weighted by molar-refractivity contribution is -0.394. The first-order valence-electron chi connectivity index (χ1n) is 6.10. The number of nitrogens with zero attached hydrogens (tertiary/aromatic N) is 2. The highest BCUT2D eigenvalue weighted by Gasteiger charge is 2.23. The predicted molar refractivity (Wildman–Crippen MR) is 72.4 cm³/mol. The van der Waals surface area contributed by atoms with Crippen molar-refractivity contribution in [3.8, 4) is 0 Å².